The Morgan fingerprint density at radius 1 is 0.719 bits per heavy atom. The number of rotatable bonds is 15. The van der Waals surface area contributed by atoms with E-state index in [1.54, 1.807) is 0 Å². The molecule has 1 atom stereocenters. The van der Waals surface area contributed by atoms with E-state index in [1.165, 1.54) is 22.3 Å². The monoisotopic (exact) mass is 462 g/mol. The van der Waals surface area contributed by atoms with Crippen molar-refractivity contribution in [3.63, 3.8) is 0 Å². The normalized spacial score (nSPS) is 15.2. The van der Waals surface area contributed by atoms with Crippen molar-refractivity contribution < 1.29 is 9.53 Å². The van der Waals surface area contributed by atoms with Crippen molar-refractivity contribution in [2.24, 2.45) is 0 Å². The maximum atomic E-state index is 9.07. The molecule has 0 radical (unpaired) electrons. The average molecular weight is 463 g/mol. The van der Waals surface area contributed by atoms with E-state index in [1.807, 2.05) is 6.08 Å². The van der Waals surface area contributed by atoms with E-state index in [-0.39, 0.29) is 12.7 Å². The molecule has 1 N–H and O–H groups in total. The lowest BCUT2D eigenvalue weighted by molar-refractivity contribution is 0.215. The van der Waals surface area contributed by atoms with Crippen LogP contribution < -0.4 is 0 Å². The van der Waals surface area contributed by atoms with Crippen molar-refractivity contribution >= 4 is 8.32 Å². The van der Waals surface area contributed by atoms with Crippen molar-refractivity contribution in [2.75, 3.05) is 6.61 Å². The summed E-state index contributed by atoms with van der Waals surface area (Å²) in [7, 11) is -1.95. The Kier molecular flexibility index (Phi) is 15.4. The third kappa shape index (κ3) is 11.3. The molecule has 32 heavy (non-hydrogen) atoms. The van der Waals surface area contributed by atoms with Crippen LogP contribution in [-0.2, 0) is 4.43 Å². The first-order chi connectivity index (χ1) is 14.9. The minimum Gasteiger partial charge on any atom is -0.409 e. The molecular weight excluding hydrogens is 408 g/mol. The molecule has 0 spiro atoms. The van der Waals surface area contributed by atoms with Crippen molar-refractivity contribution in [1.82, 2.24) is 0 Å². The number of allylic oxidation sites excluding steroid dienone is 5. The molecule has 0 saturated carbocycles. The molecule has 0 aromatic heterocycles. The Labute approximate surface area is 202 Å². The van der Waals surface area contributed by atoms with Crippen LogP contribution in [0.25, 0.3) is 0 Å². The molecule has 1 unspecified atom stereocenters. The van der Waals surface area contributed by atoms with Gasteiger partial charge < -0.3 is 9.53 Å². The second-order valence-electron chi connectivity index (χ2n) is 10.8. The molecule has 0 aliphatic carbocycles. The molecule has 0 aliphatic rings. The third-order valence-electron chi connectivity index (χ3n) is 6.62. The van der Waals surface area contributed by atoms with Crippen LogP contribution in [0.15, 0.2) is 46.6 Å². The summed E-state index contributed by atoms with van der Waals surface area (Å²) >= 11 is 0. The summed E-state index contributed by atoms with van der Waals surface area (Å²) in [5.41, 5.74) is 7.23. The minimum atomic E-state index is -1.95. The Bertz CT molecular complexity index is 624. The maximum Gasteiger partial charge on any atom is 0.201 e. The zero-order chi connectivity index (χ0) is 24.9. The Morgan fingerprint density at radius 3 is 1.69 bits per heavy atom. The van der Waals surface area contributed by atoms with Crippen LogP contribution >= 0.6 is 0 Å². The van der Waals surface area contributed by atoms with Crippen molar-refractivity contribution in [3.8, 4) is 0 Å². The van der Waals surface area contributed by atoms with Crippen LogP contribution in [0.4, 0.5) is 0 Å². The Hall–Kier alpha value is -0.903. The average Bonchev–Trinajstić information content (AvgIpc) is 2.64. The highest BCUT2D eigenvalue weighted by atomic mass is 28.4. The van der Waals surface area contributed by atoms with E-state index >= 15 is 0 Å². The standard InChI is InChI=1S/C29H54O2Si/c1-22(2)14-12-16-27(10)20-29(21-28(11)17-13-15-26(9)18-19-30)31-32(23(3)4,24(5)6)25(7)8/h14,17-18,20,23-25,29-30H,12-13,15-16,19,21H2,1-11H3/b26-18+,27-20+,28-17+. The van der Waals surface area contributed by atoms with Gasteiger partial charge in [-0.25, -0.2) is 0 Å². The van der Waals surface area contributed by atoms with Gasteiger partial charge in [-0.2, -0.15) is 0 Å². The van der Waals surface area contributed by atoms with Gasteiger partial charge in [0.25, 0.3) is 0 Å². The summed E-state index contributed by atoms with van der Waals surface area (Å²) < 4.78 is 7.22. The van der Waals surface area contributed by atoms with Crippen molar-refractivity contribution in [1.29, 1.82) is 0 Å². The molecule has 3 heteroatoms. The van der Waals surface area contributed by atoms with Gasteiger partial charge in [-0.05, 0) is 83.3 Å². The summed E-state index contributed by atoms with van der Waals surface area (Å²) in [6, 6.07) is 0. The molecule has 0 amide bonds. The van der Waals surface area contributed by atoms with Gasteiger partial charge in [0.1, 0.15) is 0 Å². The Morgan fingerprint density at radius 2 is 1.22 bits per heavy atom. The highest BCUT2D eigenvalue weighted by molar-refractivity contribution is 6.77. The van der Waals surface area contributed by atoms with E-state index in [0.29, 0.717) is 16.6 Å². The van der Waals surface area contributed by atoms with E-state index in [2.05, 4.69) is 94.4 Å². The summed E-state index contributed by atoms with van der Waals surface area (Å²) in [5, 5.41) is 9.07. The lowest BCUT2D eigenvalue weighted by atomic mass is 10.0. The van der Waals surface area contributed by atoms with Crippen LogP contribution in [0.5, 0.6) is 0 Å². The molecule has 2 nitrogen and oxygen atoms in total. The fraction of sp³-hybridized carbons (Fsp3) is 0.724. The minimum absolute atomic E-state index is 0.133. The predicted octanol–water partition coefficient (Wildman–Crippen LogP) is 9.30. The Balaban J connectivity index is 5.73. The summed E-state index contributed by atoms with van der Waals surface area (Å²) in [6.45, 7) is 25.3. The van der Waals surface area contributed by atoms with E-state index in [4.69, 9.17) is 9.53 Å². The highest BCUT2D eigenvalue weighted by Crippen LogP contribution is 2.43. The molecule has 0 heterocycles. The first-order valence-corrected chi connectivity index (χ1v) is 14.9. The van der Waals surface area contributed by atoms with Gasteiger partial charge >= 0.3 is 0 Å². The van der Waals surface area contributed by atoms with Gasteiger partial charge in [0.05, 0.1) is 12.7 Å². The SMILES string of the molecule is CC(C)=CCC/C(C)=C/C(C/C(C)=C/CC/C(C)=C/CO)O[Si](C(C)C)(C(C)C)C(C)C. The summed E-state index contributed by atoms with van der Waals surface area (Å²) in [4.78, 5) is 0. The van der Waals surface area contributed by atoms with E-state index in [9.17, 15) is 0 Å². The molecule has 0 aromatic carbocycles. The number of hydrogen-bond acceptors (Lipinski definition) is 2. The maximum absolute atomic E-state index is 9.07. The zero-order valence-electron chi connectivity index (χ0n) is 23.2. The van der Waals surface area contributed by atoms with Crippen molar-refractivity contribution in [2.45, 2.75) is 131 Å². The second kappa shape index (κ2) is 15.8. The molecule has 0 aromatic rings. The van der Waals surface area contributed by atoms with Gasteiger partial charge in [0.15, 0.2) is 0 Å². The number of hydrogen-bond donors (Lipinski definition) is 1. The van der Waals surface area contributed by atoms with Crippen LogP contribution in [0.2, 0.25) is 16.6 Å². The fourth-order valence-electron chi connectivity index (χ4n) is 5.00. The third-order valence-corrected chi connectivity index (χ3v) is 12.7. The first kappa shape index (κ1) is 31.1. The van der Waals surface area contributed by atoms with E-state index in [0.717, 1.165) is 32.1 Å². The molecule has 0 saturated heterocycles. The number of aliphatic hydroxyl groups is 1. The van der Waals surface area contributed by atoms with Crippen molar-refractivity contribution in [3.05, 3.63) is 46.6 Å². The lowest BCUT2D eigenvalue weighted by Gasteiger charge is -2.44. The second-order valence-corrected chi connectivity index (χ2v) is 16.2. The summed E-state index contributed by atoms with van der Waals surface area (Å²) in [6.07, 6.45) is 14.3. The number of aliphatic hydroxyl groups excluding tert-OH is 1. The van der Waals surface area contributed by atoms with Gasteiger partial charge in [-0.1, -0.05) is 88.1 Å². The highest BCUT2D eigenvalue weighted by Gasteiger charge is 2.46. The largest absolute Gasteiger partial charge is 0.409 e. The van der Waals surface area contributed by atoms with Gasteiger partial charge in [0, 0.05) is 0 Å². The lowest BCUT2D eigenvalue weighted by Crippen LogP contribution is -2.50. The molecule has 0 rings (SSSR count). The predicted molar refractivity (Wildman–Crippen MR) is 147 cm³/mol. The van der Waals surface area contributed by atoms with Crippen LogP contribution in [0.3, 0.4) is 0 Å². The molecule has 0 aliphatic heterocycles. The van der Waals surface area contributed by atoms with Crippen LogP contribution in [0.1, 0.15) is 108 Å². The molecule has 0 fully saturated rings. The van der Waals surface area contributed by atoms with Gasteiger partial charge in [0.2, 0.25) is 8.32 Å². The zero-order valence-corrected chi connectivity index (χ0v) is 24.2. The topological polar surface area (TPSA) is 29.5 Å². The van der Waals surface area contributed by atoms with E-state index < -0.39 is 8.32 Å². The van der Waals surface area contributed by atoms with Crippen LogP contribution in [-0.4, -0.2) is 26.1 Å². The molecule has 186 valence electrons. The molecular formula is C29H54O2Si. The van der Waals surface area contributed by atoms with Gasteiger partial charge in [-0.3, -0.25) is 0 Å². The first-order valence-electron chi connectivity index (χ1n) is 12.8. The fourth-order valence-corrected chi connectivity index (χ4v) is 10.5. The smallest absolute Gasteiger partial charge is 0.201 e. The van der Waals surface area contributed by atoms with Crippen LogP contribution in [0, 0.1) is 0 Å². The quantitative estimate of drug-likeness (QED) is 0.194. The summed E-state index contributed by atoms with van der Waals surface area (Å²) in [5.74, 6) is 0. The molecule has 0 bridgehead atoms. The van der Waals surface area contributed by atoms with Gasteiger partial charge in [-0.15, -0.1) is 0 Å².